The van der Waals surface area contributed by atoms with Crippen LogP contribution in [0.5, 0.6) is 0 Å². The van der Waals surface area contributed by atoms with Crippen LogP contribution in [0.1, 0.15) is 39.0 Å². The van der Waals surface area contributed by atoms with Gasteiger partial charge in [0, 0.05) is 0 Å². The number of hydrogen-bond acceptors (Lipinski definition) is 2. The Morgan fingerprint density at radius 1 is 1.40 bits per heavy atom. The predicted molar refractivity (Wildman–Crippen MR) is 40.4 cm³/mol. The molecule has 0 aliphatic rings. The predicted octanol–water partition coefficient (Wildman–Crippen LogP) is 1.84. The normalized spacial score (nSPS) is 12.5. The Morgan fingerprint density at radius 3 is 2.60 bits per heavy atom. The van der Waals surface area contributed by atoms with E-state index in [1.165, 1.54) is 12.8 Å². The Kier molecular flexibility index (Phi) is 6.21. The minimum absolute atomic E-state index is 0.635. The first kappa shape index (κ1) is 9.45. The molecule has 0 aliphatic carbocycles. The second-order valence-corrected chi connectivity index (χ2v) is 2.49. The van der Waals surface area contributed by atoms with Crippen molar-refractivity contribution in [3.63, 3.8) is 0 Å². The SMILES string of the molecule is CCCCCC[C@@H](O)C#N. The van der Waals surface area contributed by atoms with Crippen LogP contribution in [0, 0.1) is 11.3 Å². The van der Waals surface area contributed by atoms with Crippen molar-refractivity contribution in [2.45, 2.75) is 45.1 Å². The van der Waals surface area contributed by atoms with Gasteiger partial charge in [0.15, 0.2) is 0 Å². The first-order valence-corrected chi connectivity index (χ1v) is 3.89. The fraction of sp³-hybridized carbons (Fsp3) is 0.875. The van der Waals surface area contributed by atoms with Crippen LogP contribution in [0.3, 0.4) is 0 Å². The Balaban J connectivity index is 2.98. The number of hydrogen-bond donors (Lipinski definition) is 1. The highest BCUT2D eigenvalue weighted by Crippen LogP contribution is 2.04. The molecule has 2 heteroatoms. The quantitative estimate of drug-likeness (QED) is 0.469. The molecule has 0 bridgehead atoms. The highest BCUT2D eigenvalue weighted by Gasteiger charge is 1.98. The van der Waals surface area contributed by atoms with Crippen LogP contribution in [0.4, 0.5) is 0 Å². The first-order chi connectivity index (χ1) is 4.81. The second-order valence-electron chi connectivity index (χ2n) is 2.49. The maximum Gasteiger partial charge on any atom is 0.140 e. The molecule has 0 heterocycles. The second kappa shape index (κ2) is 6.57. The van der Waals surface area contributed by atoms with Crippen LogP contribution < -0.4 is 0 Å². The van der Waals surface area contributed by atoms with Crippen molar-refractivity contribution in [1.29, 1.82) is 5.26 Å². The van der Waals surface area contributed by atoms with Crippen LogP contribution >= 0.6 is 0 Å². The van der Waals surface area contributed by atoms with E-state index in [-0.39, 0.29) is 0 Å². The molecule has 0 amide bonds. The van der Waals surface area contributed by atoms with Crippen LogP contribution in [-0.4, -0.2) is 11.2 Å². The van der Waals surface area contributed by atoms with E-state index in [1.807, 2.05) is 0 Å². The van der Waals surface area contributed by atoms with Crippen LogP contribution in [-0.2, 0) is 0 Å². The number of nitrogens with zero attached hydrogens (tertiary/aromatic N) is 1. The summed E-state index contributed by atoms with van der Waals surface area (Å²) >= 11 is 0. The summed E-state index contributed by atoms with van der Waals surface area (Å²) in [5.74, 6) is 0. The van der Waals surface area contributed by atoms with Crippen molar-refractivity contribution in [2.75, 3.05) is 0 Å². The lowest BCUT2D eigenvalue weighted by Crippen LogP contribution is -2.01. The molecule has 10 heavy (non-hydrogen) atoms. The molecular weight excluding hydrogens is 126 g/mol. The third kappa shape index (κ3) is 5.58. The number of aliphatic hydroxyl groups is 1. The van der Waals surface area contributed by atoms with E-state index in [2.05, 4.69) is 6.92 Å². The fourth-order valence-corrected chi connectivity index (χ4v) is 0.829. The average Bonchev–Trinajstić information content (AvgIpc) is 1.98. The summed E-state index contributed by atoms with van der Waals surface area (Å²) < 4.78 is 0. The van der Waals surface area contributed by atoms with Gasteiger partial charge in [-0.2, -0.15) is 5.26 Å². The molecule has 1 atom stereocenters. The molecule has 0 fully saturated rings. The summed E-state index contributed by atoms with van der Waals surface area (Å²) in [6.45, 7) is 2.14. The van der Waals surface area contributed by atoms with Crippen LogP contribution in [0.2, 0.25) is 0 Å². The van der Waals surface area contributed by atoms with Gasteiger partial charge in [-0.3, -0.25) is 0 Å². The van der Waals surface area contributed by atoms with Gasteiger partial charge in [-0.05, 0) is 12.8 Å². The third-order valence-corrected chi connectivity index (χ3v) is 1.48. The summed E-state index contributed by atoms with van der Waals surface area (Å²) in [4.78, 5) is 0. The maximum atomic E-state index is 8.80. The summed E-state index contributed by atoms with van der Waals surface area (Å²) in [6.07, 6.45) is 4.41. The molecule has 2 nitrogen and oxygen atoms in total. The monoisotopic (exact) mass is 141 g/mol. The van der Waals surface area contributed by atoms with Crippen LogP contribution in [0.25, 0.3) is 0 Å². The number of aliphatic hydroxyl groups excluding tert-OH is 1. The highest BCUT2D eigenvalue weighted by atomic mass is 16.3. The van der Waals surface area contributed by atoms with Gasteiger partial charge in [0.05, 0.1) is 6.07 Å². The van der Waals surface area contributed by atoms with E-state index in [1.54, 1.807) is 6.07 Å². The van der Waals surface area contributed by atoms with Gasteiger partial charge in [0.1, 0.15) is 6.10 Å². The fourth-order valence-electron chi connectivity index (χ4n) is 0.829. The van der Waals surface area contributed by atoms with Gasteiger partial charge in [0.2, 0.25) is 0 Å². The molecule has 0 unspecified atom stereocenters. The molecule has 0 aromatic rings. The molecule has 0 saturated heterocycles. The van der Waals surface area contributed by atoms with Gasteiger partial charge >= 0.3 is 0 Å². The van der Waals surface area contributed by atoms with Crippen molar-refractivity contribution in [2.24, 2.45) is 0 Å². The Bertz CT molecular complexity index is 106. The molecule has 0 rings (SSSR count). The lowest BCUT2D eigenvalue weighted by atomic mass is 10.1. The van der Waals surface area contributed by atoms with Gasteiger partial charge < -0.3 is 5.11 Å². The third-order valence-electron chi connectivity index (χ3n) is 1.48. The van der Waals surface area contributed by atoms with Crippen molar-refractivity contribution in [3.8, 4) is 6.07 Å². The van der Waals surface area contributed by atoms with Crippen molar-refractivity contribution >= 4 is 0 Å². The van der Waals surface area contributed by atoms with Gasteiger partial charge in [-0.1, -0.05) is 26.2 Å². The smallest absolute Gasteiger partial charge is 0.140 e. The standard InChI is InChI=1S/C8H15NO/c1-2-3-4-5-6-8(10)7-9/h8,10H,2-6H2,1H3/t8-/m1/s1. The first-order valence-electron chi connectivity index (χ1n) is 3.89. The molecule has 1 N–H and O–H groups in total. The van der Waals surface area contributed by atoms with Crippen molar-refractivity contribution in [1.82, 2.24) is 0 Å². The van der Waals surface area contributed by atoms with E-state index in [9.17, 15) is 0 Å². The van der Waals surface area contributed by atoms with Crippen molar-refractivity contribution < 1.29 is 5.11 Å². The van der Waals surface area contributed by atoms with E-state index in [0.717, 1.165) is 12.8 Å². The zero-order valence-electron chi connectivity index (χ0n) is 6.51. The molecule has 0 saturated carbocycles. The average molecular weight is 141 g/mol. The molecule has 58 valence electrons. The zero-order chi connectivity index (χ0) is 7.82. The summed E-state index contributed by atoms with van der Waals surface area (Å²) in [6, 6.07) is 1.80. The Hall–Kier alpha value is -0.550. The lowest BCUT2D eigenvalue weighted by molar-refractivity contribution is 0.215. The van der Waals surface area contributed by atoms with Gasteiger partial charge in [-0.25, -0.2) is 0 Å². The van der Waals surface area contributed by atoms with E-state index in [0.29, 0.717) is 6.42 Å². The van der Waals surface area contributed by atoms with Gasteiger partial charge in [-0.15, -0.1) is 0 Å². The van der Waals surface area contributed by atoms with E-state index in [4.69, 9.17) is 10.4 Å². The summed E-state index contributed by atoms with van der Waals surface area (Å²) in [7, 11) is 0. The minimum Gasteiger partial charge on any atom is -0.378 e. The van der Waals surface area contributed by atoms with Crippen molar-refractivity contribution in [3.05, 3.63) is 0 Å². The van der Waals surface area contributed by atoms with Crippen LogP contribution in [0.15, 0.2) is 0 Å². The molecule has 0 spiro atoms. The largest absolute Gasteiger partial charge is 0.378 e. The molecule has 0 aliphatic heterocycles. The summed E-state index contributed by atoms with van der Waals surface area (Å²) in [5.41, 5.74) is 0. The molecule has 0 radical (unpaired) electrons. The molecule has 0 aromatic heterocycles. The molecular formula is C8H15NO. The van der Waals surface area contributed by atoms with E-state index >= 15 is 0 Å². The number of nitriles is 1. The Morgan fingerprint density at radius 2 is 2.10 bits per heavy atom. The zero-order valence-corrected chi connectivity index (χ0v) is 6.51. The number of unbranched alkanes of at least 4 members (excludes halogenated alkanes) is 3. The minimum atomic E-state index is -0.739. The lowest BCUT2D eigenvalue weighted by Gasteiger charge is -1.99. The Labute approximate surface area is 62.5 Å². The number of rotatable bonds is 5. The van der Waals surface area contributed by atoms with Gasteiger partial charge in [0.25, 0.3) is 0 Å². The topological polar surface area (TPSA) is 44.0 Å². The van der Waals surface area contributed by atoms with E-state index < -0.39 is 6.10 Å². The summed E-state index contributed by atoms with van der Waals surface area (Å²) in [5, 5.41) is 17.0. The maximum absolute atomic E-state index is 8.80. The highest BCUT2D eigenvalue weighted by molar-refractivity contribution is 4.81. The molecule has 0 aromatic carbocycles.